The van der Waals surface area contributed by atoms with Crippen molar-refractivity contribution in [3.8, 4) is 5.75 Å². The first-order chi connectivity index (χ1) is 9.51. The van der Waals surface area contributed by atoms with E-state index in [1.807, 2.05) is 18.2 Å². The SMILES string of the molecule is COc1ccc(Br)cc1CC(O)c1ccc(Cl)cc1Cl. The van der Waals surface area contributed by atoms with Gasteiger partial charge in [0.05, 0.1) is 13.2 Å². The number of halogens is 3. The van der Waals surface area contributed by atoms with Crippen molar-refractivity contribution in [1.82, 2.24) is 0 Å². The van der Waals surface area contributed by atoms with E-state index in [4.69, 9.17) is 27.9 Å². The van der Waals surface area contributed by atoms with Crippen LogP contribution in [-0.4, -0.2) is 12.2 Å². The second-order valence-corrected chi connectivity index (χ2v) is 6.10. The van der Waals surface area contributed by atoms with Crippen LogP contribution < -0.4 is 4.74 Å². The van der Waals surface area contributed by atoms with E-state index in [0.29, 0.717) is 22.0 Å². The molecule has 0 aliphatic carbocycles. The maximum absolute atomic E-state index is 10.4. The zero-order chi connectivity index (χ0) is 14.7. The van der Waals surface area contributed by atoms with Gasteiger partial charge in [-0.1, -0.05) is 45.2 Å². The van der Waals surface area contributed by atoms with Gasteiger partial charge in [0.2, 0.25) is 0 Å². The molecule has 0 aromatic heterocycles. The van der Waals surface area contributed by atoms with Crippen molar-refractivity contribution >= 4 is 39.1 Å². The fourth-order valence-electron chi connectivity index (χ4n) is 2.00. The van der Waals surface area contributed by atoms with Gasteiger partial charge in [0.15, 0.2) is 0 Å². The molecule has 2 nitrogen and oxygen atoms in total. The molecule has 0 aliphatic rings. The van der Waals surface area contributed by atoms with Crippen LogP contribution in [0.4, 0.5) is 0 Å². The monoisotopic (exact) mass is 374 g/mol. The molecule has 0 heterocycles. The maximum atomic E-state index is 10.4. The fraction of sp³-hybridized carbons (Fsp3) is 0.200. The number of aliphatic hydroxyl groups excluding tert-OH is 1. The van der Waals surface area contributed by atoms with E-state index in [0.717, 1.165) is 15.8 Å². The van der Waals surface area contributed by atoms with Gasteiger partial charge in [-0.25, -0.2) is 0 Å². The first-order valence-corrected chi connectivity index (χ1v) is 7.51. The molecule has 2 aromatic rings. The van der Waals surface area contributed by atoms with Gasteiger partial charge in [-0.2, -0.15) is 0 Å². The van der Waals surface area contributed by atoms with Crippen molar-refractivity contribution in [2.24, 2.45) is 0 Å². The predicted octanol–water partition coefficient (Wildman–Crippen LogP) is 5.04. The third kappa shape index (κ3) is 3.67. The lowest BCUT2D eigenvalue weighted by molar-refractivity contribution is 0.177. The van der Waals surface area contributed by atoms with Crippen molar-refractivity contribution in [3.63, 3.8) is 0 Å². The van der Waals surface area contributed by atoms with Crippen LogP contribution in [0.3, 0.4) is 0 Å². The number of benzene rings is 2. The van der Waals surface area contributed by atoms with E-state index in [1.54, 1.807) is 25.3 Å². The van der Waals surface area contributed by atoms with Gasteiger partial charge < -0.3 is 9.84 Å². The number of aliphatic hydroxyl groups is 1. The lowest BCUT2D eigenvalue weighted by atomic mass is 10.0. The lowest BCUT2D eigenvalue weighted by Gasteiger charge is -2.15. The molecule has 0 aliphatic heterocycles. The quantitative estimate of drug-likeness (QED) is 0.810. The molecule has 1 unspecified atom stereocenters. The molecule has 0 fully saturated rings. The van der Waals surface area contributed by atoms with Crippen molar-refractivity contribution in [2.45, 2.75) is 12.5 Å². The minimum absolute atomic E-state index is 0.407. The van der Waals surface area contributed by atoms with Crippen LogP contribution in [0.2, 0.25) is 10.0 Å². The van der Waals surface area contributed by atoms with Crippen LogP contribution in [-0.2, 0) is 6.42 Å². The largest absolute Gasteiger partial charge is 0.496 e. The summed E-state index contributed by atoms with van der Waals surface area (Å²) < 4.78 is 6.23. The fourth-order valence-corrected chi connectivity index (χ4v) is 2.94. The Hall–Kier alpha value is -0.740. The molecule has 106 valence electrons. The van der Waals surface area contributed by atoms with E-state index >= 15 is 0 Å². The van der Waals surface area contributed by atoms with E-state index in [2.05, 4.69) is 15.9 Å². The zero-order valence-corrected chi connectivity index (χ0v) is 13.8. The summed E-state index contributed by atoms with van der Waals surface area (Å²) in [5.74, 6) is 0.734. The summed E-state index contributed by atoms with van der Waals surface area (Å²) in [7, 11) is 1.61. The molecule has 2 rings (SSSR count). The summed E-state index contributed by atoms with van der Waals surface area (Å²) in [6.07, 6.45) is -0.313. The molecule has 5 heteroatoms. The predicted molar refractivity (Wildman–Crippen MR) is 85.8 cm³/mol. The van der Waals surface area contributed by atoms with Crippen molar-refractivity contribution in [2.75, 3.05) is 7.11 Å². The van der Waals surface area contributed by atoms with Crippen molar-refractivity contribution in [1.29, 1.82) is 0 Å². The number of methoxy groups -OCH3 is 1. The Balaban J connectivity index is 2.27. The topological polar surface area (TPSA) is 29.5 Å². The van der Waals surface area contributed by atoms with Gasteiger partial charge in [-0.3, -0.25) is 0 Å². The molecule has 1 N–H and O–H groups in total. The molecule has 20 heavy (non-hydrogen) atoms. The highest BCUT2D eigenvalue weighted by Gasteiger charge is 2.15. The Morgan fingerprint density at radius 3 is 2.60 bits per heavy atom. The van der Waals surface area contributed by atoms with E-state index in [9.17, 15) is 5.11 Å². The first kappa shape index (κ1) is 15.6. The van der Waals surface area contributed by atoms with E-state index in [1.165, 1.54) is 0 Å². The van der Waals surface area contributed by atoms with Crippen molar-refractivity contribution in [3.05, 3.63) is 62.0 Å². The van der Waals surface area contributed by atoms with Crippen LogP contribution in [0.15, 0.2) is 40.9 Å². The molecule has 0 radical (unpaired) electrons. The van der Waals surface area contributed by atoms with E-state index < -0.39 is 6.10 Å². The molecule has 0 bridgehead atoms. The van der Waals surface area contributed by atoms with Crippen LogP contribution in [0.1, 0.15) is 17.2 Å². The summed E-state index contributed by atoms with van der Waals surface area (Å²) >= 11 is 15.4. The minimum Gasteiger partial charge on any atom is -0.496 e. The third-order valence-electron chi connectivity index (χ3n) is 2.98. The smallest absolute Gasteiger partial charge is 0.122 e. The lowest BCUT2D eigenvalue weighted by Crippen LogP contribution is -2.04. The molecule has 0 saturated heterocycles. The Labute approximate surface area is 136 Å². The Bertz CT molecular complexity index is 617. The normalized spacial score (nSPS) is 12.2. The van der Waals surface area contributed by atoms with Gasteiger partial charge in [0.1, 0.15) is 5.75 Å². The van der Waals surface area contributed by atoms with Crippen molar-refractivity contribution < 1.29 is 9.84 Å². The Morgan fingerprint density at radius 2 is 1.95 bits per heavy atom. The Kier molecular flexibility index (Phi) is 5.33. The summed E-state index contributed by atoms with van der Waals surface area (Å²) in [6, 6.07) is 10.7. The first-order valence-electron chi connectivity index (χ1n) is 5.96. The number of ether oxygens (including phenoxy) is 1. The third-order valence-corrected chi connectivity index (χ3v) is 4.03. The second kappa shape index (κ2) is 6.81. The van der Waals surface area contributed by atoms with Crippen LogP contribution in [0.25, 0.3) is 0 Å². The summed E-state index contributed by atoms with van der Waals surface area (Å²) in [5.41, 5.74) is 1.55. The van der Waals surface area contributed by atoms with Gasteiger partial charge in [0, 0.05) is 20.9 Å². The summed E-state index contributed by atoms with van der Waals surface area (Å²) in [4.78, 5) is 0. The molecule has 2 aromatic carbocycles. The van der Waals surface area contributed by atoms with Crippen LogP contribution >= 0.6 is 39.1 Å². The van der Waals surface area contributed by atoms with Crippen LogP contribution in [0, 0.1) is 0 Å². The molecule has 0 saturated carbocycles. The summed E-state index contributed by atoms with van der Waals surface area (Å²) in [6.45, 7) is 0. The standard InChI is InChI=1S/C15H13BrCl2O2/c1-20-15-5-2-10(16)6-9(15)7-14(19)12-4-3-11(17)8-13(12)18/h2-6,8,14,19H,7H2,1H3. The molecular formula is C15H13BrCl2O2. The molecule has 1 atom stereocenters. The molecule has 0 amide bonds. The number of rotatable bonds is 4. The highest BCUT2D eigenvalue weighted by Crippen LogP contribution is 2.31. The highest BCUT2D eigenvalue weighted by atomic mass is 79.9. The maximum Gasteiger partial charge on any atom is 0.122 e. The molecular weight excluding hydrogens is 363 g/mol. The minimum atomic E-state index is -0.719. The van der Waals surface area contributed by atoms with Gasteiger partial charge >= 0.3 is 0 Å². The number of hydrogen-bond donors (Lipinski definition) is 1. The second-order valence-electron chi connectivity index (χ2n) is 4.34. The van der Waals surface area contributed by atoms with Gasteiger partial charge in [-0.05, 0) is 41.5 Å². The highest BCUT2D eigenvalue weighted by molar-refractivity contribution is 9.10. The summed E-state index contributed by atoms with van der Waals surface area (Å²) in [5, 5.41) is 11.4. The average Bonchev–Trinajstić information content (AvgIpc) is 2.38. The van der Waals surface area contributed by atoms with Gasteiger partial charge in [-0.15, -0.1) is 0 Å². The van der Waals surface area contributed by atoms with Gasteiger partial charge in [0.25, 0.3) is 0 Å². The van der Waals surface area contributed by atoms with E-state index in [-0.39, 0.29) is 0 Å². The Morgan fingerprint density at radius 1 is 1.20 bits per heavy atom. The van der Waals surface area contributed by atoms with Crippen LogP contribution in [0.5, 0.6) is 5.75 Å². The molecule has 0 spiro atoms. The zero-order valence-electron chi connectivity index (χ0n) is 10.7. The number of hydrogen-bond acceptors (Lipinski definition) is 2. The average molecular weight is 376 g/mol.